The molecule has 1 atom stereocenters. The van der Waals surface area contributed by atoms with Gasteiger partial charge in [-0.25, -0.2) is 9.97 Å². The van der Waals surface area contributed by atoms with Crippen LogP contribution in [0.3, 0.4) is 0 Å². The summed E-state index contributed by atoms with van der Waals surface area (Å²) >= 11 is 0. The zero-order valence-electron chi connectivity index (χ0n) is 12.6. The van der Waals surface area contributed by atoms with Gasteiger partial charge in [-0.2, -0.15) is 0 Å². The number of hydrogen-bond acceptors (Lipinski definition) is 5. The summed E-state index contributed by atoms with van der Waals surface area (Å²) in [5.74, 6) is 3.46. The van der Waals surface area contributed by atoms with Crippen LogP contribution in [0.25, 0.3) is 0 Å². The molecular formula is C15H26N4O. The lowest BCUT2D eigenvalue weighted by Gasteiger charge is -2.12. The van der Waals surface area contributed by atoms with E-state index in [1.807, 2.05) is 6.07 Å². The molecule has 0 spiro atoms. The molecule has 5 heteroatoms. The first-order valence-corrected chi connectivity index (χ1v) is 7.75. The third kappa shape index (κ3) is 4.63. The Morgan fingerprint density at radius 1 is 1.25 bits per heavy atom. The lowest BCUT2D eigenvalue weighted by Crippen LogP contribution is -2.12. The molecular weight excluding hydrogens is 252 g/mol. The molecule has 20 heavy (non-hydrogen) atoms. The van der Waals surface area contributed by atoms with Gasteiger partial charge in [-0.3, -0.25) is 0 Å². The highest BCUT2D eigenvalue weighted by Gasteiger charge is 2.14. The van der Waals surface area contributed by atoms with Crippen molar-refractivity contribution in [1.82, 2.24) is 9.97 Å². The van der Waals surface area contributed by atoms with Crippen LogP contribution in [-0.2, 0) is 11.2 Å². The number of nitrogens with one attached hydrogen (secondary N) is 2. The first kappa shape index (κ1) is 15.0. The second-order valence-electron chi connectivity index (χ2n) is 5.28. The summed E-state index contributed by atoms with van der Waals surface area (Å²) in [6.07, 6.45) is 4.32. The van der Waals surface area contributed by atoms with Crippen LogP contribution in [0.5, 0.6) is 0 Å². The number of aryl methyl sites for hydroxylation is 1. The first-order valence-electron chi connectivity index (χ1n) is 7.75. The minimum Gasteiger partial charge on any atom is -0.381 e. The Labute approximate surface area is 121 Å². The molecule has 5 nitrogen and oxygen atoms in total. The Balaban J connectivity index is 1.90. The largest absolute Gasteiger partial charge is 0.381 e. The highest BCUT2D eigenvalue weighted by molar-refractivity contribution is 5.47. The normalized spacial score (nSPS) is 18.2. The smallest absolute Gasteiger partial charge is 0.133 e. The van der Waals surface area contributed by atoms with E-state index in [9.17, 15) is 0 Å². The Morgan fingerprint density at radius 2 is 2.05 bits per heavy atom. The van der Waals surface area contributed by atoms with E-state index in [0.717, 1.165) is 63.0 Å². The second-order valence-corrected chi connectivity index (χ2v) is 5.28. The highest BCUT2D eigenvalue weighted by Crippen LogP contribution is 2.17. The maximum absolute atomic E-state index is 5.40. The van der Waals surface area contributed by atoms with Gasteiger partial charge in [0.25, 0.3) is 0 Å². The fourth-order valence-corrected chi connectivity index (χ4v) is 2.41. The predicted molar refractivity (Wildman–Crippen MR) is 82.2 cm³/mol. The topological polar surface area (TPSA) is 59.1 Å². The van der Waals surface area contributed by atoms with Crippen LogP contribution >= 0.6 is 0 Å². The van der Waals surface area contributed by atoms with E-state index in [4.69, 9.17) is 4.74 Å². The molecule has 2 rings (SSSR count). The van der Waals surface area contributed by atoms with Crippen LogP contribution in [0, 0.1) is 5.92 Å². The van der Waals surface area contributed by atoms with Crippen molar-refractivity contribution in [1.29, 1.82) is 0 Å². The van der Waals surface area contributed by atoms with Gasteiger partial charge >= 0.3 is 0 Å². The van der Waals surface area contributed by atoms with Gasteiger partial charge in [0.15, 0.2) is 0 Å². The van der Waals surface area contributed by atoms with Gasteiger partial charge in [-0.1, -0.05) is 6.92 Å². The molecule has 1 aromatic rings. The number of aromatic nitrogens is 2. The minimum atomic E-state index is 0.702. The fourth-order valence-electron chi connectivity index (χ4n) is 2.41. The maximum Gasteiger partial charge on any atom is 0.133 e. The highest BCUT2D eigenvalue weighted by atomic mass is 16.5. The molecule has 1 unspecified atom stereocenters. The monoisotopic (exact) mass is 278 g/mol. The molecule has 2 heterocycles. The average Bonchev–Trinajstić information content (AvgIpc) is 2.92. The summed E-state index contributed by atoms with van der Waals surface area (Å²) in [6.45, 7) is 7.88. The zero-order chi connectivity index (χ0) is 14.2. The fraction of sp³-hybridized carbons (Fsp3) is 0.733. The average molecular weight is 278 g/mol. The Bertz CT molecular complexity index is 381. The summed E-state index contributed by atoms with van der Waals surface area (Å²) in [6, 6.07) is 1.99. The van der Waals surface area contributed by atoms with Crippen molar-refractivity contribution in [3.05, 3.63) is 11.9 Å². The third-order valence-corrected chi connectivity index (χ3v) is 3.49. The molecule has 0 radical (unpaired) electrons. The van der Waals surface area contributed by atoms with E-state index in [0.29, 0.717) is 5.92 Å². The Kier molecular flexibility index (Phi) is 6.05. The molecule has 1 fully saturated rings. The standard InChI is InChI=1S/C15H26N4O/c1-3-5-13-18-14(16-4-2)10-15(19-13)17-8-6-12-7-9-20-11-12/h10,12H,3-9,11H2,1-2H3,(H2,16,17,18,19). The molecule has 1 saturated heterocycles. The van der Waals surface area contributed by atoms with E-state index in [1.165, 1.54) is 6.42 Å². The first-order chi connectivity index (χ1) is 9.81. The summed E-state index contributed by atoms with van der Waals surface area (Å²) in [5.41, 5.74) is 0. The Hall–Kier alpha value is -1.36. The molecule has 1 aromatic heterocycles. The van der Waals surface area contributed by atoms with E-state index in [1.54, 1.807) is 0 Å². The van der Waals surface area contributed by atoms with Gasteiger partial charge in [0.2, 0.25) is 0 Å². The maximum atomic E-state index is 5.40. The van der Waals surface area contributed by atoms with Crippen molar-refractivity contribution >= 4 is 11.6 Å². The van der Waals surface area contributed by atoms with E-state index >= 15 is 0 Å². The van der Waals surface area contributed by atoms with Crippen LogP contribution in [-0.4, -0.2) is 36.3 Å². The van der Waals surface area contributed by atoms with Crippen LogP contribution in [0.15, 0.2) is 6.07 Å². The van der Waals surface area contributed by atoms with E-state index in [2.05, 4.69) is 34.4 Å². The number of hydrogen-bond donors (Lipinski definition) is 2. The molecule has 1 aliphatic heterocycles. The summed E-state index contributed by atoms with van der Waals surface area (Å²) in [4.78, 5) is 9.09. The number of nitrogens with zero attached hydrogens (tertiary/aromatic N) is 2. The van der Waals surface area contributed by atoms with E-state index < -0.39 is 0 Å². The third-order valence-electron chi connectivity index (χ3n) is 3.49. The van der Waals surface area contributed by atoms with Crippen LogP contribution < -0.4 is 10.6 Å². The quantitative estimate of drug-likeness (QED) is 0.765. The van der Waals surface area contributed by atoms with Crippen LogP contribution in [0.4, 0.5) is 11.6 Å². The molecule has 112 valence electrons. The van der Waals surface area contributed by atoms with Crippen molar-refractivity contribution in [2.24, 2.45) is 5.92 Å². The lowest BCUT2D eigenvalue weighted by atomic mass is 10.1. The number of anilines is 2. The zero-order valence-corrected chi connectivity index (χ0v) is 12.6. The second kappa shape index (κ2) is 8.04. The van der Waals surface area contributed by atoms with Crippen LogP contribution in [0.1, 0.15) is 38.9 Å². The van der Waals surface area contributed by atoms with E-state index in [-0.39, 0.29) is 0 Å². The molecule has 0 aliphatic carbocycles. The molecule has 0 saturated carbocycles. The van der Waals surface area contributed by atoms with Gasteiger partial charge in [-0.05, 0) is 32.1 Å². The van der Waals surface area contributed by atoms with Crippen molar-refractivity contribution in [3.8, 4) is 0 Å². The molecule has 0 bridgehead atoms. The van der Waals surface area contributed by atoms with Crippen molar-refractivity contribution in [2.45, 2.75) is 39.5 Å². The lowest BCUT2D eigenvalue weighted by molar-refractivity contribution is 0.185. The number of rotatable bonds is 8. The van der Waals surface area contributed by atoms with Gasteiger partial charge in [0.05, 0.1) is 0 Å². The van der Waals surface area contributed by atoms with Crippen molar-refractivity contribution in [3.63, 3.8) is 0 Å². The van der Waals surface area contributed by atoms with Crippen molar-refractivity contribution in [2.75, 3.05) is 36.9 Å². The van der Waals surface area contributed by atoms with Gasteiger partial charge in [0.1, 0.15) is 17.5 Å². The summed E-state index contributed by atoms with van der Waals surface area (Å²) < 4.78 is 5.40. The summed E-state index contributed by atoms with van der Waals surface area (Å²) in [5, 5.41) is 6.69. The SMILES string of the molecule is CCCc1nc(NCC)cc(NCCC2CCOC2)n1. The molecule has 2 N–H and O–H groups in total. The van der Waals surface area contributed by atoms with Crippen LogP contribution in [0.2, 0.25) is 0 Å². The number of ether oxygens (including phenoxy) is 1. The molecule has 0 aromatic carbocycles. The molecule has 0 amide bonds. The van der Waals surface area contributed by atoms with Crippen molar-refractivity contribution < 1.29 is 4.74 Å². The van der Waals surface area contributed by atoms with Gasteiger partial charge in [0, 0.05) is 38.8 Å². The van der Waals surface area contributed by atoms with Gasteiger partial charge < -0.3 is 15.4 Å². The van der Waals surface area contributed by atoms with Gasteiger partial charge in [-0.15, -0.1) is 0 Å². The summed E-state index contributed by atoms with van der Waals surface area (Å²) in [7, 11) is 0. The molecule has 1 aliphatic rings. The minimum absolute atomic E-state index is 0.702. The predicted octanol–water partition coefficient (Wildman–Crippen LogP) is 2.70. The Morgan fingerprint density at radius 3 is 2.70 bits per heavy atom.